The summed E-state index contributed by atoms with van der Waals surface area (Å²) in [6.45, 7) is 2.63. The minimum absolute atomic E-state index is 0.269. The van der Waals surface area contributed by atoms with Gasteiger partial charge in [0.05, 0.1) is 0 Å². The molecular formula is C19H21NO3. The zero-order valence-electron chi connectivity index (χ0n) is 13.2. The van der Waals surface area contributed by atoms with Crippen molar-refractivity contribution in [1.29, 1.82) is 0 Å². The number of phenols is 1. The van der Waals surface area contributed by atoms with Crippen LogP contribution in [0.1, 0.15) is 23.1 Å². The molecule has 120 valence electrons. The Kier molecular flexibility index (Phi) is 6.24. The van der Waals surface area contributed by atoms with Gasteiger partial charge in [0, 0.05) is 6.54 Å². The SMILES string of the molecule is Cc1ccc(C=CCCNC(=O)OCc2ccccc2)cc1O. The van der Waals surface area contributed by atoms with E-state index in [4.69, 9.17) is 4.74 Å². The third-order valence-electron chi connectivity index (χ3n) is 3.34. The van der Waals surface area contributed by atoms with Crippen LogP contribution in [0.3, 0.4) is 0 Å². The average molecular weight is 311 g/mol. The van der Waals surface area contributed by atoms with Crippen molar-refractivity contribution in [3.05, 3.63) is 71.3 Å². The number of hydrogen-bond donors (Lipinski definition) is 2. The van der Waals surface area contributed by atoms with Crippen LogP contribution in [0.5, 0.6) is 5.75 Å². The van der Waals surface area contributed by atoms with Crippen molar-refractivity contribution >= 4 is 12.2 Å². The van der Waals surface area contributed by atoms with Crippen molar-refractivity contribution in [2.24, 2.45) is 0 Å². The van der Waals surface area contributed by atoms with E-state index in [0.717, 1.165) is 16.7 Å². The van der Waals surface area contributed by atoms with Crippen molar-refractivity contribution < 1.29 is 14.6 Å². The van der Waals surface area contributed by atoms with Crippen molar-refractivity contribution in [1.82, 2.24) is 5.32 Å². The summed E-state index contributed by atoms with van der Waals surface area (Å²) in [5.41, 5.74) is 2.74. The van der Waals surface area contributed by atoms with Gasteiger partial charge in [0.25, 0.3) is 0 Å². The Labute approximate surface area is 136 Å². The molecule has 0 radical (unpaired) electrons. The van der Waals surface area contributed by atoms with Crippen LogP contribution < -0.4 is 5.32 Å². The van der Waals surface area contributed by atoms with Gasteiger partial charge >= 0.3 is 6.09 Å². The topological polar surface area (TPSA) is 58.6 Å². The molecule has 0 saturated carbocycles. The van der Waals surface area contributed by atoms with Gasteiger partial charge in [-0.25, -0.2) is 4.79 Å². The predicted molar refractivity (Wildman–Crippen MR) is 91.1 cm³/mol. The number of aryl methyl sites for hydroxylation is 1. The largest absolute Gasteiger partial charge is 0.508 e. The minimum atomic E-state index is -0.421. The van der Waals surface area contributed by atoms with Crippen molar-refractivity contribution in [2.75, 3.05) is 6.54 Å². The van der Waals surface area contributed by atoms with E-state index in [0.29, 0.717) is 13.0 Å². The first kappa shape index (κ1) is 16.6. The quantitative estimate of drug-likeness (QED) is 0.792. The highest BCUT2D eigenvalue weighted by molar-refractivity contribution is 5.67. The fourth-order valence-corrected chi connectivity index (χ4v) is 1.98. The molecule has 0 atom stereocenters. The summed E-state index contributed by atoms with van der Waals surface area (Å²) in [4.78, 5) is 11.5. The second-order valence-electron chi connectivity index (χ2n) is 5.23. The lowest BCUT2D eigenvalue weighted by Crippen LogP contribution is -2.24. The Bertz CT molecular complexity index is 666. The molecule has 4 heteroatoms. The van der Waals surface area contributed by atoms with Crippen LogP contribution in [-0.2, 0) is 11.3 Å². The van der Waals surface area contributed by atoms with E-state index in [1.54, 1.807) is 6.07 Å². The Morgan fingerprint density at radius 1 is 1.22 bits per heavy atom. The minimum Gasteiger partial charge on any atom is -0.508 e. The summed E-state index contributed by atoms with van der Waals surface area (Å²) < 4.78 is 5.11. The lowest BCUT2D eigenvalue weighted by molar-refractivity contribution is 0.140. The Morgan fingerprint density at radius 2 is 2.00 bits per heavy atom. The molecule has 0 aromatic heterocycles. The maximum absolute atomic E-state index is 11.5. The highest BCUT2D eigenvalue weighted by atomic mass is 16.5. The summed E-state index contributed by atoms with van der Waals surface area (Å²) in [6.07, 6.45) is 4.13. The van der Waals surface area contributed by atoms with E-state index in [1.165, 1.54) is 0 Å². The summed E-state index contributed by atoms with van der Waals surface area (Å²) in [5.74, 6) is 0.287. The number of carbonyl (C=O) groups excluding carboxylic acids is 1. The Morgan fingerprint density at radius 3 is 2.74 bits per heavy atom. The van der Waals surface area contributed by atoms with Gasteiger partial charge in [0.1, 0.15) is 12.4 Å². The van der Waals surface area contributed by atoms with Crippen LogP contribution in [0.2, 0.25) is 0 Å². The van der Waals surface area contributed by atoms with E-state index >= 15 is 0 Å². The molecule has 2 N–H and O–H groups in total. The first-order valence-electron chi connectivity index (χ1n) is 7.56. The second kappa shape index (κ2) is 8.63. The average Bonchev–Trinajstić information content (AvgIpc) is 2.57. The summed E-state index contributed by atoms with van der Waals surface area (Å²) in [7, 11) is 0. The number of amides is 1. The lowest BCUT2D eigenvalue weighted by atomic mass is 10.1. The molecule has 0 aliphatic heterocycles. The van der Waals surface area contributed by atoms with Gasteiger partial charge in [-0.15, -0.1) is 0 Å². The standard InChI is InChI=1S/C19H21NO3/c1-15-10-11-16(13-18(15)21)7-5-6-12-20-19(22)23-14-17-8-3-2-4-9-17/h2-5,7-11,13,21H,6,12,14H2,1H3,(H,20,22). The Balaban J connectivity index is 1.65. The van der Waals surface area contributed by atoms with Crippen LogP contribution in [0.15, 0.2) is 54.6 Å². The maximum Gasteiger partial charge on any atom is 0.407 e. The zero-order chi connectivity index (χ0) is 16.5. The van der Waals surface area contributed by atoms with E-state index in [1.807, 2.05) is 61.5 Å². The number of alkyl carbamates (subject to hydrolysis) is 1. The molecule has 4 nitrogen and oxygen atoms in total. The molecule has 0 saturated heterocycles. The van der Waals surface area contributed by atoms with Gasteiger partial charge in [0.15, 0.2) is 0 Å². The zero-order valence-corrected chi connectivity index (χ0v) is 13.2. The van der Waals surface area contributed by atoms with Crippen LogP contribution in [0.4, 0.5) is 4.79 Å². The smallest absolute Gasteiger partial charge is 0.407 e. The molecule has 2 rings (SSSR count). The van der Waals surface area contributed by atoms with E-state index < -0.39 is 6.09 Å². The third-order valence-corrected chi connectivity index (χ3v) is 3.34. The van der Waals surface area contributed by atoms with Gasteiger partial charge in [-0.1, -0.05) is 54.6 Å². The van der Waals surface area contributed by atoms with E-state index in [9.17, 15) is 9.90 Å². The van der Waals surface area contributed by atoms with Crippen LogP contribution in [-0.4, -0.2) is 17.7 Å². The fraction of sp³-hybridized carbons (Fsp3) is 0.211. The molecule has 23 heavy (non-hydrogen) atoms. The van der Waals surface area contributed by atoms with Gasteiger partial charge in [-0.2, -0.15) is 0 Å². The number of aromatic hydroxyl groups is 1. The molecular weight excluding hydrogens is 290 g/mol. The first-order chi connectivity index (χ1) is 11.1. The maximum atomic E-state index is 11.5. The normalized spacial score (nSPS) is 10.7. The number of benzene rings is 2. The monoisotopic (exact) mass is 311 g/mol. The molecule has 0 spiro atoms. The predicted octanol–water partition coefficient (Wildman–Crippen LogP) is 4.03. The molecule has 0 unspecified atom stereocenters. The summed E-state index contributed by atoms with van der Waals surface area (Å²) >= 11 is 0. The van der Waals surface area contributed by atoms with Gasteiger partial charge in [-0.3, -0.25) is 0 Å². The number of ether oxygens (including phenoxy) is 1. The molecule has 0 bridgehead atoms. The van der Waals surface area contributed by atoms with Gasteiger partial charge < -0.3 is 15.2 Å². The Hall–Kier alpha value is -2.75. The number of nitrogens with one attached hydrogen (secondary N) is 1. The van der Waals surface area contributed by atoms with E-state index in [2.05, 4.69) is 5.32 Å². The van der Waals surface area contributed by atoms with Crippen LogP contribution in [0, 0.1) is 6.92 Å². The van der Waals surface area contributed by atoms with E-state index in [-0.39, 0.29) is 12.4 Å². The fourth-order valence-electron chi connectivity index (χ4n) is 1.98. The molecule has 2 aromatic rings. The highest BCUT2D eigenvalue weighted by Crippen LogP contribution is 2.18. The number of phenolic OH excluding ortho intramolecular Hbond substituents is 1. The van der Waals surface area contributed by atoms with Crippen molar-refractivity contribution in [3.8, 4) is 5.75 Å². The molecule has 0 aliphatic carbocycles. The number of rotatable bonds is 6. The molecule has 2 aromatic carbocycles. The second-order valence-corrected chi connectivity index (χ2v) is 5.23. The molecule has 0 heterocycles. The van der Waals surface area contributed by atoms with Gasteiger partial charge in [0.2, 0.25) is 0 Å². The third kappa shape index (κ3) is 5.87. The van der Waals surface area contributed by atoms with Crippen molar-refractivity contribution in [3.63, 3.8) is 0 Å². The van der Waals surface area contributed by atoms with Crippen LogP contribution >= 0.6 is 0 Å². The lowest BCUT2D eigenvalue weighted by Gasteiger charge is -2.06. The van der Waals surface area contributed by atoms with Crippen LogP contribution in [0.25, 0.3) is 6.08 Å². The highest BCUT2D eigenvalue weighted by Gasteiger charge is 2.00. The van der Waals surface area contributed by atoms with Crippen molar-refractivity contribution in [2.45, 2.75) is 20.0 Å². The summed E-state index contributed by atoms with van der Waals surface area (Å²) in [6, 6.07) is 15.1. The number of carbonyl (C=O) groups is 1. The molecule has 0 aliphatic rings. The number of hydrogen-bond acceptors (Lipinski definition) is 3. The van der Waals surface area contributed by atoms with Gasteiger partial charge in [-0.05, 0) is 36.1 Å². The molecule has 1 amide bonds. The summed E-state index contributed by atoms with van der Waals surface area (Å²) in [5, 5.41) is 12.3. The molecule has 0 fully saturated rings. The first-order valence-corrected chi connectivity index (χ1v) is 7.56.